The van der Waals surface area contributed by atoms with Crippen molar-refractivity contribution in [2.75, 3.05) is 19.3 Å². The molecule has 0 radical (unpaired) electrons. The summed E-state index contributed by atoms with van der Waals surface area (Å²) in [6.45, 7) is 0.991. The van der Waals surface area contributed by atoms with E-state index in [-0.39, 0.29) is 11.8 Å². The average Bonchev–Trinajstić information content (AvgIpc) is 2.52. The number of aryl methyl sites for hydroxylation is 1. The lowest BCUT2D eigenvalue weighted by molar-refractivity contribution is -0.135. The molecule has 2 rings (SSSR count). The molecule has 1 fully saturated rings. The zero-order valence-corrected chi connectivity index (χ0v) is 14.0. The highest BCUT2D eigenvalue weighted by Crippen LogP contribution is 2.18. The number of nitrogens with one attached hydrogen (secondary N) is 1. The normalized spacial score (nSPS) is 16.1. The third-order valence-corrected chi connectivity index (χ3v) is 4.55. The SMILES string of the molecule is CS(=O)(=O)NC(=O)C1CCN(C(=O)CCc2ccccc2)CC1. The highest BCUT2D eigenvalue weighted by molar-refractivity contribution is 7.89. The van der Waals surface area contributed by atoms with Crippen molar-refractivity contribution in [2.24, 2.45) is 5.92 Å². The molecule has 1 saturated heterocycles. The summed E-state index contributed by atoms with van der Waals surface area (Å²) in [4.78, 5) is 25.8. The molecule has 1 aliphatic heterocycles. The summed E-state index contributed by atoms with van der Waals surface area (Å²) in [5.41, 5.74) is 1.13. The second-order valence-corrected chi connectivity index (χ2v) is 7.63. The fourth-order valence-corrected chi connectivity index (χ4v) is 3.24. The molecule has 0 aromatic heterocycles. The van der Waals surface area contributed by atoms with Crippen molar-refractivity contribution in [1.29, 1.82) is 0 Å². The number of sulfonamides is 1. The number of likely N-dealkylation sites (tertiary alicyclic amines) is 1. The van der Waals surface area contributed by atoms with E-state index in [1.165, 1.54) is 0 Å². The number of hydrogen-bond acceptors (Lipinski definition) is 4. The topological polar surface area (TPSA) is 83.6 Å². The standard InChI is InChI=1S/C16H22N2O4S/c1-23(21,22)17-16(20)14-9-11-18(12-10-14)15(19)8-7-13-5-3-2-4-6-13/h2-6,14H,7-12H2,1H3,(H,17,20). The summed E-state index contributed by atoms with van der Waals surface area (Å²) in [5.74, 6) is -0.734. The van der Waals surface area contributed by atoms with E-state index in [0.29, 0.717) is 38.8 Å². The van der Waals surface area contributed by atoms with Gasteiger partial charge in [-0.05, 0) is 24.8 Å². The first-order valence-electron chi connectivity index (χ1n) is 7.68. The number of benzene rings is 1. The molecule has 1 aliphatic rings. The molecule has 1 N–H and O–H groups in total. The van der Waals surface area contributed by atoms with E-state index in [0.717, 1.165) is 11.8 Å². The van der Waals surface area contributed by atoms with Crippen LogP contribution in [0.2, 0.25) is 0 Å². The molecule has 2 amide bonds. The monoisotopic (exact) mass is 338 g/mol. The Bertz CT molecular complexity index is 650. The second kappa shape index (κ2) is 7.59. The van der Waals surface area contributed by atoms with Crippen molar-refractivity contribution in [1.82, 2.24) is 9.62 Å². The first-order chi connectivity index (χ1) is 10.8. The summed E-state index contributed by atoms with van der Waals surface area (Å²) in [6.07, 6.45) is 3.11. The Morgan fingerprint density at radius 2 is 1.78 bits per heavy atom. The largest absolute Gasteiger partial charge is 0.343 e. The van der Waals surface area contributed by atoms with Gasteiger partial charge in [0.05, 0.1) is 6.26 Å². The number of carbonyl (C=O) groups excluding carboxylic acids is 2. The van der Waals surface area contributed by atoms with Crippen LogP contribution < -0.4 is 4.72 Å². The predicted octanol–water partition coefficient (Wildman–Crippen LogP) is 0.934. The van der Waals surface area contributed by atoms with Crippen LogP contribution in [0, 0.1) is 5.92 Å². The fraction of sp³-hybridized carbons (Fsp3) is 0.500. The van der Waals surface area contributed by atoms with Crippen molar-refractivity contribution >= 4 is 21.8 Å². The van der Waals surface area contributed by atoms with Crippen LogP contribution in [0.1, 0.15) is 24.8 Å². The number of hydrogen-bond donors (Lipinski definition) is 1. The Morgan fingerprint density at radius 3 is 2.35 bits per heavy atom. The first-order valence-corrected chi connectivity index (χ1v) is 9.57. The van der Waals surface area contributed by atoms with Crippen molar-refractivity contribution in [3.05, 3.63) is 35.9 Å². The lowest BCUT2D eigenvalue weighted by Crippen LogP contribution is -2.44. The molecule has 0 spiro atoms. The van der Waals surface area contributed by atoms with E-state index in [1.54, 1.807) is 4.90 Å². The maximum Gasteiger partial charge on any atom is 0.236 e. The highest BCUT2D eigenvalue weighted by Gasteiger charge is 2.28. The maximum atomic E-state index is 12.2. The van der Waals surface area contributed by atoms with Crippen LogP contribution in [-0.2, 0) is 26.0 Å². The fourth-order valence-electron chi connectivity index (χ4n) is 2.71. The maximum absolute atomic E-state index is 12.2. The number of rotatable bonds is 5. The summed E-state index contributed by atoms with van der Waals surface area (Å²) >= 11 is 0. The Kier molecular flexibility index (Phi) is 5.76. The van der Waals surface area contributed by atoms with E-state index < -0.39 is 15.9 Å². The molecule has 0 atom stereocenters. The lowest BCUT2D eigenvalue weighted by Gasteiger charge is -2.31. The quantitative estimate of drug-likeness (QED) is 0.866. The van der Waals surface area contributed by atoms with Gasteiger partial charge >= 0.3 is 0 Å². The summed E-state index contributed by atoms with van der Waals surface area (Å²) in [7, 11) is -3.52. The van der Waals surface area contributed by atoms with Crippen LogP contribution in [-0.4, -0.2) is 44.5 Å². The van der Waals surface area contributed by atoms with Gasteiger partial charge in [-0.25, -0.2) is 8.42 Å². The van der Waals surface area contributed by atoms with Gasteiger partial charge < -0.3 is 4.90 Å². The molecule has 1 aromatic carbocycles. The molecule has 126 valence electrons. The van der Waals surface area contributed by atoms with Crippen LogP contribution in [0.5, 0.6) is 0 Å². The van der Waals surface area contributed by atoms with Gasteiger partial charge in [0.2, 0.25) is 21.8 Å². The van der Waals surface area contributed by atoms with Gasteiger partial charge in [-0.15, -0.1) is 0 Å². The van der Waals surface area contributed by atoms with E-state index in [1.807, 2.05) is 35.1 Å². The molecule has 0 bridgehead atoms. The molecule has 1 heterocycles. The molecule has 0 saturated carbocycles. The van der Waals surface area contributed by atoms with Gasteiger partial charge in [-0.3, -0.25) is 14.3 Å². The molecule has 7 heteroatoms. The van der Waals surface area contributed by atoms with Gasteiger partial charge in [-0.2, -0.15) is 0 Å². The van der Waals surface area contributed by atoms with Gasteiger partial charge in [0.1, 0.15) is 0 Å². The van der Waals surface area contributed by atoms with Crippen LogP contribution in [0.4, 0.5) is 0 Å². The lowest BCUT2D eigenvalue weighted by atomic mass is 9.96. The summed E-state index contributed by atoms with van der Waals surface area (Å²) in [5, 5.41) is 0. The molecule has 23 heavy (non-hydrogen) atoms. The molecule has 1 aromatic rings. The Balaban J connectivity index is 1.77. The molecule has 0 aliphatic carbocycles. The summed E-state index contributed by atoms with van der Waals surface area (Å²) in [6, 6.07) is 9.83. The smallest absolute Gasteiger partial charge is 0.236 e. The summed E-state index contributed by atoms with van der Waals surface area (Å²) < 4.78 is 24.2. The molecule has 6 nitrogen and oxygen atoms in total. The number of carbonyl (C=O) groups is 2. The number of piperidine rings is 1. The third kappa shape index (κ3) is 5.67. The average molecular weight is 338 g/mol. The Labute approximate surface area is 136 Å². The van der Waals surface area contributed by atoms with E-state index in [4.69, 9.17) is 0 Å². The van der Waals surface area contributed by atoms with Gasteiger partial charge in [-0.1, -0.05) is 30.3 Å². The van der Waals surface area contributed by atoms with E-state index >= 15 is 0 Å². The predicted molar refractivity (Wildman–Crippen MR) is 87.1 cm³/mol. The zero-order chi connectivity index (χ0) is 16.9. The van der Waals surface area contributed by atoms with E-state index in [2.05, 4.69) is 0 Å². The van der Waals surface area contributed by atoms with Crippen LogP contribution in [0.3, 0.4) is 0 Å². The molecule has 0 unspecified atom stereocenters. The van der Waals surface area contributed by atoms with Crippen molar-refractivity contribution < 1.29 is 18.0 Å². The minimum atomic E-state index is -3.52. The number of amides is 2. The van der Waals surface area contributed by atoms with Crippen LogP contribution >= 0.6 is 0 Å². The first kappa shape index (κ1) is 17.5. The third-order valence-electron chi connectivity index (χ3n) is 3.97. The highest BCUT2D eigenvalue weighted by atomic mass is 32.2. The Morgan fingerprint density at radius 1 is 1.17 bits per heavy atom. The van der Waals surface area contributed by atoms with Crippen molar-refractivity contribution in [2.45, 2.75) is 25.7 Å². The van der Waals surface area contributed by atoms with Gasteiger partial charge in [0, 0.05) is 25.4 Å². The van der Waals surface area contributed by atoms with Gasteiger partial charge in [0.15, 0.2) is 0 Å². The van der Waals surface area contributed by atoms with Crippen LogP contribution in [0.15, 0.2) is 30.3 Å². The second-order valence-electron chi connectivity index (χ2n) is 5.88. The minimum Gasteiger partial charge on any atom is -0.343 e. The van der Waals surface area contributed by atoms with E-state index in [9.17, 15) is 18.0 Å². The van der Waals surface area contributed by atoms with Crippen molar-refractivity contribution in [3.8, 4) is 0 Å². The molecular formula is C16H22N2O4S. The Hall–Kier alpha value is -1.89. The van der Waals surface area contributed by atoms with Crippen molar-refractivity contribution in [3.63, 3.8) is 0 Å². The molecular weight excluding hydrogens is 316 g/mol. The zero-order valence-electron chi connectivity index (χ0n) is 13.2. The minimum absolute atomic E-state index is 0.0795. The van der Waals surface area contributed by atoms with Crippen LogP contribution in [0.25, 0.3) is 0 Å². The number of nitrogens with zero attached hydrogens (tertiary/aromatic N) is 1. The van der Waals surface area contributed by atoms with Gasteiger partial charge in [0.25, 0.3) is 0 Å².